The molecule has 1 unspecified atom stereocenters. The monoisotopic (exact) mass is 413 g/mol. The first-order chi connectivity index (χ1) is 14.3. The predicted molar refractivity (Wildman–Crippen MR) is 117 cm³/mol. The maximum absolute atomic E-state index is 12.9. The quantitative estimate of drug-likeness (QED) is 0.701. The van der Waals surface area contributed by atoms with Crippen molar-refractivity contribution >= 4 is 17.2 Å². The second-order valence-electron chi connectivity index (χ2n) is 8.09. The fourth-order valence-electron chi connectivity index (χ4n) is 4.49. The third kappa shape index (κ3) is 5.58. The zero-order valence-corrected chi connectivity index (χ0v) is 17.9. The summed E-state index contributed by atoms with van der Waals surface area (Å²) >= 11 is 1.47. The summed E-state index contributed by atoms with van der Waals surface area (Å²) in [5, 5.41) is 1.83. The topological polar surface area (TPSA) is 45.7 Å². The van der Waals surface area contributed by atoms with E-state index in [1.807, 2.05) is 16.3 Å². The number of amides is 1. The first kappa shape index (κ1) is 20.4. The summed E-state index contributed by atoms with van der Waals surface area (Å²) in [6.07, 6.45) is 8.45. The van der Waals surface area contributed by atoms with Crippen LogP contribution in [0.25, 0.3) is 0 Å². The number of carbonyl (C=O) groups is 1. The fourth-order valence-corrected chi connectivity index (χ4v) is 5.02. The van der Waals surface area contributed by atoms with Crippen molar-refractivity contribution in [2.45, 2.75) is 51.0 Å². The lowest BCUT2D eigenvalue weighted by molar-refractivity contribution is 0.0716. The molecule has 1 aromatic carbocycles. The molecule has 1 fully saturated rings. The van der Waals surface area contributed by atoms with Gasteiger partial charge in [-0.3, -0.25) is 4.79 Å². The number of ether oxygens (including phenoxy) is 1. The summed E-state index contributed by atoms with van der Waals surface area (Å²) in [4.78, 5) is 21.7. The van der Waals surface area contributed by atoms with Crippen LogP contribution in [0.1, 0.15) is 54.6 Å². The van der Waals surface area contributed by atoms with Gasteiger partial charge in [-0.15, -0.1) is 11.3 Å². The Morgan fingerprint density at radius 1 is 1.07 bits per heavy atom. The van der Waals surface area contributed by atoms with Crippen molar-refractivity contribution in [1.82, 2.24) is 14.8 Å². The number of benzene rings is 1. The van der Waals surface area contributed by atoms with Gasteiger partial charge in [0, 0.05) is 18.0 Å². The van der Waals surface area contributed by atoms with Gasteiger partial charge in [-0.1, -0.05) is 18.6 Å². The van der Waals surface area contributed by atoms with Gasteiger partial charge in [0.2, 0.25) is 0 Å². The van der Waals surface area contributed by atoms with Gasteiger partial charge < -0.3 is 14.5 Å². The molecule has 1 amide bonds. The number of piperidine rings is 1. The molecule has 0 spiro atoms. The number of thiazole rings is 1. The molecule has 0 N–H and O–H groups in total. The second kappa shape index (κ2) is 10.2. The van der Waals surface area contributed by atoms with Crippen molar-refractivity contribution in [3.05, 3.63) is 46.4 Å². The smallest absolute Gasteiger partial charge is 0.273 e. The lowest BCUT2D eigenvalue weighted by Gasteiger charge is -2.36. The van der Waals surface area contributed by atoms with Gasteiger partial charge in [0.25, 0.3) is 5.91 Å². The highest BCUT2D eigenvalue weighted by Gasteiger charge is 2.23. The highest BCUT2D eigenvalue weighted by Crippen LogP contribution is 2.23. The molecule has 1 atom stereocenters. The number of carbonyl (C=O) groups excluding carboxylic acids is 1. The first-order valence-electron chi connectivity index (χ1n) is 10.9. The van der Waals surface area contributed by atoms with Crippen LogP contribution in [0.15, 0.2) is 35.2 Å². The third-order valence-electron chi connectivity index (χ3n) is 6.11. The normalized spacial score (nSPS) is 22.1. The van der Waals surface area contributed by atoms with E-state index in [1.165, 1.54) is 49.1 Å². The summed E-state index contributed by atoms with van der Waals surface area (Å²) in [5.74, 6) is 0.919. The number of hydrogen-bond donors (Lipinski definition) is 0. The average molecular weight is 414 g/mol. The molecule has 29 heavy (non-hydrogen) atoms. The Morgan fingerprint density at radius 3 is 2.79 bits per heavy atom. The van der Waals surface area contributed by atoms with Gasteiger partial charge in [-0.2, -0.15) is 0 Å². The van der Waals surface area contributed by atoms with Gasteiger partial charge in [-0.05, 0) is 69.3 Å². The van der Waals surface area contributed by atoms with Crippen molar-refractivity contribution in [2.75, 3.05) is 32.8 Å². The van der Waals surface area contributed by atoms with Crippen molar-refractivity contribution < 1.29 is 9.53 Å². The third-order valence-corrected chi connectivity index (χ3v) is 6.69. The molecule has 0 saturated carbocycles. The molecule has 2 aromatic rings. The molecule has 2 aliphatic heterocycles. The zero-order valence-electron chi connectivity index (χ0n) is 17.1. The summed E-state index contributed by atoms with van der Waals surface area (Å²) in [6.45, 7) is 4.22. The van der Waals surface area contributed by atoms with Crippen LogP contribution in [-0.4, -0.2) is 59.5 Å². The Kier molecular flexibility index (Phi) is 7.17. The molecule has 156 valence electrons. The van der Waals surface area contributed by atoms with Crippen LogP contribution >= 0.6 is 11.3 Å². The lowest BCUT2D eigenvalue weighted by atomic mass is 9.95. The lowest BCUT2D eigenvalue weighted by Crippen LogP contribution is -2.40. The van der Waals surface area contributed by atoms with Crippen LogP contribution in [-0.2, 0) is 6.42 Å². The van der Waals surface area contributed by atoms with Gasteiger partial charge in [-0.25, -0.2) is 4.98 Å². The van der Waals surface area contributed by atoms with Crippen LogP contribution in [0.3, 0.4) is 0 Å². The van der Waals surface area contributed by atoms with E-state index in [0.717, 1.165) is 38.1 Å². The Balaban J connectivity index is 1.47. The minimum absolute atomic E-state index is 0.0174. The molecular weight excluding hydrogens is 382 g/mol. The molecule has 4 rings (SSSR count). The number of aryl methyl sites for hydroxylation is 1. The van der Waals surface area contributed by atoms with Crippen LogP contribution in [0.5, 0.6) is 5.75 Å². The Hall–Kier alpha value is -1.92. The SMILES string of the molecule is O=C(c1cscn1)N1CCCCN2CCCCC2CCc2cccc(c2)OCC1. The highest BCUT2D eigenvalue weighted by molar-refractivity contribution is 7.07. The predicted octanol–water partition coefficient (Wildman–Crippen LogP) is 4.25. The summed E-state index contributed by atoms with van der Waals surface area (Å²) in [5.41, 5.74) is 3.61. The second-order valence-corrected chi connectivity index (χ2v) is 8.81. The van der Waals surface area contributed by atoms with E-state index in [-0.39, 0.29) is 5.91 Å². The van der Waals surface area contributed by atoms with E-state index in [1.54, 1.807) is 5.51 Å². The summed E-state index contributed by atoms with van der Waals surface area (Å²) in [6, 6.07) is 9.15. The van der Waals surface area contributed by atoms with E-state index in [0.29, 0.717) is 24.9 Å². The molecule has 0 aliphatic carbocycles. The number of nitrogens with zero attached hydrogens (tertiary/aromatic N) is 3. The van der Waals surface area contributed by atoms with E-state index < -0.39 is 0 Å². The minimum Gasteiger partial charge on any atom is -0.492 e. The molecule has 5 nitrogen and oxygen atoms in total. The fraction of sp³-hybridized carbons (Fsp3) is 0.565. The molecule has 0 radical (unpaired) electrons. The Morgan fingerprint density at radius 2 is 1.93 bits per heavy atom. The van der Waals surface area contributed by atoms with E-state index in [4.69, 9.17) is 4.74 Å². The molecule has 6 heteroatoms. The maximum atomic E-state index is 12.9. The van der Waals surface area contributed by atoms with Crippen LogP contribution in [0.4, 0.5) is 0 Å². The van der Waals surface area contributed by atoms with Crippen molar-refractivity contribution in [1.29, 1.82) is 0 Å². The first-order valence-corrected chi connectivity index (χ1v) is 11.9. The van der Waals surface area contributed by atoms with Crippen LogP contribution < -0.4 is 4.74 Å². The van der Waals surface area contributed by atoms with E-state index in [9.17, 15) is 4.79 Å². The highest BCUT2D eigenvalue weighted by atomic mass is 32.1. The summed E-state index contributed by atoms with van der Waals surface area (Å²) in [7, 11) is 0. The van der Waals surface area contributed by atoms with Crippen molar-refractivity contribution in [2.24, 2.45) is 0 Å². The number of fused-ring (bicyclic) bond motifs is 3. The van der Waals surface area contributed by atoms with Gasteiger partial charge in [0.05, 0.1) is 12.1 Å². The van der Waals surface area contributed by atoms with Crippen molar-refractivity contribution in [3.8, 4) is 5.75 Å². The van der Waals surface area contributed by atoms with Crippen LogP contribution in [0.2, 0.25) is 0 Å². The Bertz CT molecular complexity index is 780. The van der Waals surface area contributed by atoms with Gasteiger partial charge >= 0.3 is 0 Å². The van der Waals surface area contributed by atoms with E-state index >= 15 is 0 Å². The molecule has 1 saturated heterocycles. The molecule has 2 bridgehead atoms. The van der Waals surface area contributed by atoms with Crippen molar-refractivity contribution in [3.63, 3.8) is 0 Å². The molecule has 3 heterocycles. The molecule has 1 aromatic heterocycles. The number of rotatable bonds is 1. The summed E-state index contributed by atoms with van der Waals surface area (Å²) < 4.78 is 6.00. The number of aromatic nitrogens is 1. The standard InChI is InChI=1S/C23H31N3O2S/c27-23(22-17-29-18-24-22)26-13-4-3-12-25-11-2-1-7-20(25)10-9-19-6-5-8-21(16-19)28-15-14-26/h5-6,8,16-18,20H,1-4,7,9-15H2. The molecule has 2 aliphatic rings. The average Bonchev–Trinajstić information content (AvgIpc) is 3.29. The molecular formula is C23H31N3O2S. The maximum Gasteiger partial charge on any atom is 0.273 e. The van der Waals surface area contributed by atoms with Gasteiger partial charge in [0.15, 0.2) is 0 Å². The minimum atomic E-state index is 0.0174. The zero-order chi connectivity index (χ0) is 19.9. The largest absolute Gasteiger partial charge is 0.492 e. The van der Waals surface area contributed by atoms with Crippen LogP contribution in [0, 0.1) is 0 Å². The Labute approximate surface area is 177 Å². The van der Waals surface area contributed by atoms with E-state index in [2.05, 4.69) is 28.1 Å². The number of hydrogen-bond acceptors (Lipinski definition) is 5. The van der Waals surface area contributed by atoms with Gasteiger partial charge in [0.1, 0.15) is 18.1 Å².